The third-order valence-electron chi connectivity index (χ3n) is 3.67. The van der Waals surface area contributed by atoms with Crippen LogP contribution in [-0.2, 0) is 12.0 Å². The fraction of sp³-hybridized carbons (Fsp3) is 0.444. The van der Waals surface area contributed by atoms with Crippen molar-refractivity contribution in [1.29, 1.82) is 0 Å². The molecule has 0 aliphatic rings. The summed E-state index contributed by atoms with van der Waals surface area (Å²) >= 11 is 7.61. The van der Waals surface area contributed by atoms with Crippen molar-refractivity contribution in [3.8, 4) is 0 Å². The summed E-state index contributed by atoms with van der Waals surface area (Å²) in [6.07, 6.45) is 0. The Morgan fingerprint density at radius 2 is 1.92 bits per heavy atom. The molecule has 1 aromatic heterocycles. The molecular weight excluding hydrogens is 467 g/mol. The molecule has 1 atom stereocenters. The Morgan fingerprint density at radius 3 is 2.44 bits per heavy atom. The first-order valence-electron chi connectivity index (χ1n) is 7.97. The highest BCUT2D eigenvalue weighted by Gasteiger charge is 2.17. The van der Waals surface area contributed by atoms with E-state index >= 15 is 0 Å². The second kappa shape index (κ2) is 9.73. The van der Waals surface area contributed by atoms with Crippen molar-refractivity contribution in [2.75, 3.05) is 7.05 Å². The van der Waals surface area contributed by atoms with Crippen LogP contribution >= 0.6 is 46.9 Å². The van der Waals surface area contributed by atoms with Crippen molar-refractivity contribution in [1.82, 2.24) is 15.6 Å². The van der Waals surface area contributed by atoms with Crippen LogP contribution in [0.15, 0.2) is 34.6 Å². The zero-order valence-corrected chi connectivity index (χ0v) is 19.2. The molecule has 2 rings (SSSR count). The van der Waals surface area contributed by atoms with Gasteiger partial charge in [-0.1, -0.05) is 44.5 Å². The van der Waals surface area contributed by atoms with Gasteiger partial charge in [0.15, 0.2) is 5.96 Å². The third-order valence-corrected chi connectivity index (χ3v) is 4.77. The molecule has 0 radical (unpaired) electrons. The monoisotopic (exact) mass is 492 g/mol. The Hall–Kier alpha value is -0.860. The molecule has 2 aromatic rings. The van der Waals surface area contributed by atoms with Gasteiger partial charge in [-0.25, -0.2) is 4.98 Å². The van der Waals surface area contributed by atoms with Gasteiger partial charge in [-0.15, -0.1) is 35.3 Å². The molecule has 0 fully saturated rings. The highest BCUT2D eigenvalue weighted by atomic mass is 127. The van der Waals surface area contributed by atoms with Gasteiger partial charge in [0.05, 0.1) is 18.3 Å². The molecule has 0 saturated heterocycles. The summed E-state index contributed by atoms with van der Waals surface area (Å²) in [5.41, 5.74) is 2.37. The Morgan fingerprint density at radius 1 is 1.28 bits per heavy atom. The Balaban J connectivity index is 0.00000312. The highest BCUT2D eigenvalue weighted by Crippen LogP contribution is 2.23. The van der Waals surface area contributed by atoms with E-state index in [1.807, 2.05) is 24.3 Å². The van der Waals surface area contributed by atoms with Gasteiger partial charge in [0.1, 0.15) is 5.01 Å². The van der Waals surface area contributed by atoms with Crippen LogP contribution in [0.1, 0.15) is 50.0 Å². The maximum Gasteiger partial charge on any atom is 0.191 e. The predicted octanol–water partition coefficient (Wildman–Crippen LogP) is 5.14. The minimum atomic E-state index is 0. The summed E-state index contributed by atoms with van der Waals surface area (Å²) in [4.78, 5) is 8.98. The number of nitrogens with zero attached hydrogens (tertiary/aromatic N) is 2. The molecule has 1 heterocycles. The van der Waals surface area contributed by atoms with Crippen molar-refractivity contribution in [3.05, 3.63) is 50.9 Å². The molecule has 0 spiro atoms. The fourth-order valence-electron chi connectivity index (χ4n) is 2.13. The number of aromatic nitrogens is 1. The van der Waals surface area contributed by atoms with Gasteiger partial charge in [-0.2, -0.15) is 0 Å². The van der Waals surface area contributed by atoms with E-state index in [0.29, 0.717) is 6.54 Å². The van der Waals surface area contributed by atoms with Gasteiger partial charge in [0.2, 0.25) is 0 Å². The average Bonchev–Trinajstić information content (AvgIpc) is 3.01. The first kappa shape index (κ1) is 22.2. The van der Waals surface area contributed by atoms with Crippen LogP contribution < -0.4 is 10.6 Å². The van der Waals surface area contributed by atoms with E-state index in [1.54, 1.807) is 18.4 Å². The number of hydrogen-bond acceptors (Lipinski definition) is 3. The minimum absolute atomic E-state index is 0. The second-order valence-electron chi connectivity index (χ2n) is 6.72. The molecule has 0 bridgehead atoms. The number of rotatable bonds is 4. The summed E-state index contributed by atoms with van der Waals surface area (Å²) < 4.78 is 0. The van der Waals surface area contributed by atoms with Crippen LogP contribution in [0.4, 0.5) is 0 Å². The zero-order chi connectivity index (χ0) is 17.7. The van der Waals surface area contributed by atoms with E-state index in [0.717, 1.165) is 27.2 Å². The third kappa shape index (κ3) is 6.75. The van der Waals surface area contributed by atoms with E-state index in [-0.39, 0.29) is 35.4 Å². The lowest BCUT2D eigenvalue weighted by molar-refractivity contribution is 0.570. The van der Waals surface area contributed by atoms with Crippen LogP contribution in [0.3, 0.4) is 0 Å². The summed E-state index contributed by atoms with van der Waals surface area (Å²) in [6.45, 7) is 9.28. The van der Waals surface area contributed by atoms with E-state index in [1.165, 1.54) is 0 Å². The summed E-state index contributed by atoms with van der Waals surface area (Å²) in [7, 11) is 1.77. The maximum absolute atomic E-state index is 5.94. The van der Waals surface area contributed by atoms with Crippen molar-refractivity contribution in [3.63, 3.8) is 0 Å². The molecular formula is C18H26ClIN4S. The molecule has 0 aliphatic heterocycles. The van der Waals surface area contributed by atoms with Crippen LogP contribution in [0.2, 0.25) is 5.02 Å². The van der Waals surface area contributed by atoms with Gasteiger partial charge < -0.3 is 10.6 Å². The molecule has 25 heavy (non-hydrogen) atoms. The minimum Gasteiger partial charge on any atom is -0.350 e. The van der Waals surface area contributed by atoms with E-state index in [2.05, 4.69) is 48.7 Å². The Labute approximate surface area is 176 Å². The van der Waals surface area contributed by atoms with Crippen LogP contribution in [0, 0.1) is 0 Å². The molecule has 1 aromatic carbocycles. The number of guanidine groups is 1. The molecule has 0 saturated carbocycles. The van der Waals surface area contributed by atoms with E-state index in [9.17, 15) is 0 Å². The smallest absolute Gasteiger partial charge is 0.191 e. The average molecular weight is 493 g/mol. The number of hydrogen-bond donors (Lipinski definition) is 2. The number of halogens is 2. The van der Waals surface area contributed by atoms with Crippen LogP contribution in [-0.4, -0.2) is 18.0 Å². The predicted molar refractivity (Wildman–Crippen MR) is 119 cm³/mol. The number of aliphatic imine (C=N–C) groups is 1. The number of thiazole rings is 1. The van der Waals surface area contributed by atoms with Gasteiger partial charge >= 0.3 is 0 Å². The fourth-order valence-corrected chi connectivity index (χ4v) is 3.22. The largest absolute Gasteiger partial charge is 0.350 e. The highest BCUT2D eigenvalue weighted by molar-refractivity contribution is 14.0. The second-order valence-corrected chi connectivity index (χ2v) is 8.10. The standard InChI is InChI=1S/C18H25ClN4S.HI/c1-12(13-6-8-14(19)9-7-13)22-17(20-5)21-10-16-23-15(11-24-16)18(2,3)4;/h6-9,11-12H,10H2,1-5H3,(H2,20,21,22);1H. The van der Waals surface area contributed by atoms with Crippen molar-refractivity contribution < 1.29 is 0 Å². The lowest BCUT2D eigenvalue weighted by Crippen LogP contribution is -2.38. The van der Waals surface area contributed by atoms with Gasteiger partial charge in [-0.05, 0) is 24.6 Å². The normalized spacial score (nSPS) is 13.1. The first-order chi connectivity index (χ1) is 11.3. The Kier molecular flexibility index (Phi) is 8.63. The molecule has 2 N–H and O–H groups in total. The van der Waals surface area contributed by atoms with Gasteiger partial charge in [0, 0.05) is 22.9 Å². The van der Waals surface area contributed by atoms with Crippen molar-refractivity contribution in [2.45, 2.75) is 45.7 Å². The molecule has 138 valence electrons. The summed E-state index contributed by atoms with van der Waals surface area (Å²) in [6, 6.07) is 7.96. The van der Waals surface area contributed by atoms with Gasteiger partial charge in [-0.3, -0.25) is 4.99 Å². The number of nitrogens with one attached hydrogen (secondary N) is 2. The molecule has 4 nitrogen and oxygen atoms in total. The topological polar surface area (TPSA) is 49.3 Å². The lowest BCUT2D eigenvalue weighted by Gasteiger charge is -2.18. The molecule has 1 unspecified atom stereocenters. The SMILES string of the molecule is CN=C(NCc1nc(C(C)(C)C)cs1)NC(C)c1ccc(Cl)cc1.I. The van der Waals surface area contributed by atoms with E-state index in [4.69, 9.17) is 16.6 Å². The molecule has 7 heteroatoms. The summed E-state index contributed by atoms with van der Waals surface area (Å²) in [5.74, 6) is 0.755. The van der Waals surface area contributed by atoms with Crippen molar-refractivity contribution in [2.24, 2.45) is 4.99 Å². The maximum atomic E-state index is 5.94. The Bertz CT molecular complexity index is 692. The number of benzene rings is 1. The van der Waals surface area contributed by atoms with Crippen LogP contribution in [0.5, 0.6) is 0 Å². The first-order valence-corrected chi connectivity index (χ1v) is 9.23. The lowest BCUT2D eigenvalue weighted by atomic mass is 9.93. The quantitative estimate of drug-likeness (QED) is 0.353. The van der Waals surface area contributed by atoms with Crippen LogP contribution in [0.25, 0.3) is 0 Å². The summed E-state index contributed by atoms with van der Waals surface area (Å²) in [5, 5.41) is 10.6. The molecule has 0 amide bonds. The van der Waals surface area contributed by atoms with Crippen molar-refractivity contribution >= 4 is 52.9 Å². The molecule has 0 aliphatic carbocycles. The van der Waals surface area contributed by atoms with Gasteiger partial charge in [0.25, 0.3) is 0 Å². The zero-order valence-electron chi connectivity index (χ0n) is 15.3. The van der Waals surface area contributed by atoms with E-state index < -0.39 is 0 Å².